The lowest BCUT2D eigenvalue weighted by atomic mass is 9.85. The number of benzene rings is 1. The minimum absolute atomic E-state index is 0.202. The third-order valence-corrected chi connectivity index (χ3v) is 7.13. The van der Waals surface area contributed by atoms with Gasteiger partial charge in [-0.1, -0.05) is 30.3 Å². The molecular weight excluding hydrogens is 284 g/mol. The summed E-state index contributed by atoms with van der Waals surface area (Å²) < 4.78 is 27.3. The molecule has 4 nitrogen and oxygen atoms in total. The van der Waals surface area contributed by atoms with Crippen molar-refractivity contribution in [3.05, 3.63) is 35.9 Å². The van der Waals surface area contributed by atoms with Crippen molar-refractivity contribution in [2.24, 2.45) is 11.8 Å². The van der Waals surface area contributed by atoms with Crippen LogP contribution < -0.4 is 5.32 Å². The van der Waals surface area contributed by atoms with Crippen LogP contribution in [0, 0.1) is 11.8 Å². The third kappa shape index (κ3) is 2.74. The first kappa shape index (κ1) is 15.0. The molecule has 1 N–H and O–H groups in total. The molecule has 0 saturated carbocycles. The Morgan fingerprint density at radius 3 is 2.62 bits per heavy atom. The minimum atomic E-state index is -3.20. The highest BCUT2D eigenvalue weighted by molar-refractivity contribution is 7.89. The highest BCUT2D eigenvalue weighted by atomic mass is 32.2. The van der Waals surface area contributed by atoms with E-state index in [1.165, 1.54) is 0 Å². The van der Waals surface area contributed by atoms with E-state index in [0.29, 0.717) is 24.8 Å². The van der Waals surface area contributed by atoms with E-state index in [0.717, 1.165) is 18.7 Å². The Bertz CT molecular complexity index is 598. The average Bonchev–Trinajstić information content (AvgIpc) is 3.01. The lowest BCUT2D eigenvalue weighted by Gasteiger charge is -2.34. The van der Waals surface area contributed by atoms with Crippen LogP contribution in [-0.4, -0.2) is 43.6 Å². The molecule has 0 spiro atoms. The molecule has 0 aromatic heterocycles. The van der Waals surface area contributed by atoms with Gasteiger partial charge in [-0.05, 0) is 44.2 Å². The van der Waals surface area contributed by atoms with Gasteiger partial charge >= 0.3 is 0 Å². The van der Waals surface area contributed by atoms with Gasteiger partial charge < -0.3 is 5.32 Å². The minimum Gasteiger partial charge on any atom is -0.316 e. The standard InChI is InChI=1S/C16H24N2O2S/c1-16(2)15-11-17-10-14(15)12-18(16)21(19,20)9-8-13-6-4-3-5-7-13/h3-7,14-15,17H,8-12H2,1-2H3. The van der Waals surface area contributed by atoms with Gasteiger partial charge in [0.1, 0.15) is 0 Å². The summed E-state index contributed by atoms with van der Waals surface area (Å²) >= 11 is 0. The molecule has 2 unspecified atom stereocenters. The zero-order valence-corrected chi connectivity index (χ0v) is 13.6. The van der Waals surface area contributed by atoms with Crippen molar-refractivity contribution in [3.8, 4) is 0 Å². The van der Waals surface area contributed by atoms with E-state index in [4.69, 9.17) is 0 Å². The van der Waals surface area contributed by atoms with Gasteiger partial charge in [-0.3, -0.25) is 0 Å². The fraction of sp³-hybridized carbons (Fsp3) is 0.625. The molecule has 0 radical (unpaired) electrons. The summed E-state index contributed by atoms with van der Waals surface area (Å²) in [6.07, 6.45) is 0.587. The molecule has 2 saturated heterocycles. The Balaban J connectivity index is 1.73. The number of hydrogen-bond donors (Lipinski definition) is 1. The van der Waals surface area contributed by atoms with E-state index >= 15 is 0 Å². The second-order valence-corrected chi connectivity index (χ2v) is 8.77. The highest BCUT2D eigenvalue weighted by Gasteiger charge is 2.53. The van der Waals surface area contributed by atoms with Gasteiger partial charge in [-0.25, -0.2) is 8.42 Å². The summed E-state index contributed by atoms with van der Waals surface area (Å²) in [4.78, 5) is 0. The van der Waals surface area contributed by atoms with Crippen molar-refractivity contribution < 1.29 is 8.42 Å². The molecule has 1 aromatic carbocycles. The van der Waals surface area contributed by atoms with E-state index in [1.54, 1.807) is 4.31 Å². The Kier molecular flexibility index (Phi) is 3.84. The molecular formula is C16H24N2O2S. The zero-order chi connectivity index (χ0) is 15.1. The van der Waals surface area contributed by atoms with E-state index in [9.17, 15) is 8.42 Å². The van der Waals surface area contributed by atoms with Gasteiger partial charge in [-0.15, -0.1) is 0 Å². The van der Waals surface area contributed by atoms with Crippen molar-refractivity contribution in [2.75, 3.05) is 25.4 Å². The molecule has 0 amide bonds. The first-order valence-corrected chi connectivity index (χ1v) is 9.27. The summed E-state index contributed by atoms with van der Waals surface area (Å²) in [6, 6.07) is 9.85. The van der Waals surface area contributed by atoms with E-state index < -0.39 is 10.0 Å². The first-order valence-electron chi connectivity index (χ1n) is 7.66. The lowest BCUT2D eigenvalue weighted by molar-refractivity contribution is 0.233. The summed E-state index contributed by atoms with van der Waals surface area (Å²) in [5.41, 5.74) is 0.809. The van der Waals surface area contributed by atoms with Crippen molar-refractivity contribution in [3.63, 3.8) is 0 Å². The molecule has 2 aliphatic rings. The van der Waals surface area contributed by atoms with Crippen LogP contribution in [0.2, 0.25) is 0 Å². The zero-order valence-electron chi connectivity index (χ0n) is 12.7. The second-order valence-electron chi connectivity index (χ2n) is 6.76. The number of rotatable bonds is 4. The van der Waals surface area contributed by atoms with Crippen molar-refractivity contribution in [1.82, 2.24) is 9.62 Å². The molecule has 2 fully saturated rings. The summed E-state index contributed by atoms with van der Waals surface area (Å²) in [5.74, 6) is 1.10. The maximum Gasteiger partial charge on any atom is 0.214 e. The highest BCUT2D eigenvalue weighted by Crippen LogP contribution is 2.42. The summed E-state index contributed by atoms with van der Waals surface area (Å²) in [7, 11) is -3.20. The molecule has 21 heavy (non-hydrogen) atoms. The second kappa shape index (κ2) is 5.38. The number of nitrogens with one attached hydrogen (secondary N) is 1. The quantitative estimate of drug-likeness (QED) is 0.917. The van der Waals surface area contributed by atoms with E-state index in [2.05, 4.69) is 19.2 Å². The molecule has 2 heterocycles. The van der Waals surface area contributed by atoms with Crippen LogP contribution in [0.1, 0.15) is 19.4 Å². The van der Waals surface area contributed by atoms with Crippen molar-refractivity contribution >= 4 is 10.0 Å². The largest absolute Gasteiger partial charge is 0.316 e. The lowest BCUT2D eigenvalue weighted by Crippen LogP contribution is -2.48. The van der Waals surface area contributed by atoms with Gasteiger partial charge in [0.15, 0.2) is 0 Å². The van der Waals surface area contributed by atoms with Crippen LogP contribution in [0.15, 0.2) is 30.3 Å². The molecule has 0 aliphatic carbocycles. The molecule has 3 rings (SSSR count). The average molecular weight is 308 g/mol. The maximum absolute atomic E-state index is 12.8. The number of nitrogens with zero attached hydrogens (tertiary/aromatic N) is 1. The number of hydrogen-bond acceptors (Lipinski definition) is 3. The monoisotopic (exact) mass is 308 g/mol. The first-order chi connectivity index (χ1) is 9.91. The molecule has 2 aliphatic heterocycles. The Morgan fingerprint density at radius 2 is 1.95 bits per heavy atom. The Morgan fingerprint density at radius 1 is 1.24 bits per heavy atom. The van der Waals surface area contributed by atoms with Crippen molar-refractivity contribution in [1.29, 1.82) is 0 Å². The summed E-state index contributed by atoms with van der Waals surface area (Å²) in [6.45, 7) is 6.69. The van der Waals surface area contributed by atoms with Gasteiger partial charge in [0.25, 0.3) is 0 Å². The number of aryl methyl sites for hydroxylation is 1. The fourth-order valence-corrected chi connectivity index (χ4v) is 5.84. The Labute approximate surface area is 127 Å². The normalized spacial score (nSPS) is 28.7. The third-order valence-electron chi connectivity index (χ3n) is 5.12. The van der Waals surface area contributed by atoms with Crippen LogP contribution in [0.25, 0.3) is 0 Å². The topological polar surface area (TPSA) is 49.4 Å². The number of sulfonamides is 1. The van der Waals surface area contributed by atoms with Crippen LogP contribution in [0.3, 0.4) is 0 Å². The van der Waals surface area contributed by atoms with Crippen LogP contribution in [0.5, 0.6) is 0 Å². The number of fused-ring (bicyclic) bond motifs is 1. The Hall–Kier alpha value is -0.910. The summed E-state index contributed by atoms with van der Waals surface area (Å²) in [5, 5.41) is 3.39. The molecule has 5 heteroatoms. The van der Waals surface area contributed by atoms with Crippen LogP contribution >= 0.6 is 0 Å². The van der Waals surface area contributed by atoms with Crippen LogP contribution in [0.4, 0.5) is 0 Å². The predicted octanol–water partition coefficient (Wildman–Crippen LogP) is 1.49. The van der Waals surface area contributed by atoms with Crippen molar-refractivity contribution in [2.45, 2.75) is 25.8 Å². The smallest absolute Gasteiger partial charge is 0.214 e. The SMILES string of the molecule is CC1(C)C2CNCC2CN1S(=O)(=O)CCc1ccccc1. The maximum atomic E-state index is 12.8. The van der Waals surface area contributed by atoms with E-state index in [-0.39, 0.29) is 11.3 Å². The van der Waals surface area contributed by atoms with Crippen LogP contribution in [-0.2, 0) is 16.4 Å². The van der Waals surface area contributed by atoms with Gasteiger partial charge in [0, 0.05) is 18.6 Å². The van der Waals surface area contributed by atoms with Gasteiger partial charge in [0.2, 0.25) is 10.0 Å². The molecule has 2 atom stereocenters. The van der Waals surface area contributed by atoms with Gasteiger partial charge in [0.05, 0.1) is 5.75 Å². The predicted molar refractivity (Wildman–Crippen MR) is 84.6 cm³/mol. The van der Waals surface area contributed by atoms with Gasteiger partial charge in [-0.2, -0.15) is 4.31 Å². The van der Waals surface area contributed by atoms with E-state index in [1.807, 2.05) is 30.3 Å². The molecule has 1 aromatic rings. The molecule has 116 valence electrons. The molecule has 0 bridgehead atoms. The fourth-order valence-electron chi connectivity index (χ4n) is 3.86.